The highest BCUT2D eigenvalue weighted by Crippen LogP contribution is 2.32. The van der Waals surface area contributed by atoms with Crippen molar-refractivity contribution in [2.45, 2.75) is 59.3 Å². The predicted octanol–water partition coefficient (Wildman–Crippen LogP) is 3.89. The van der Waals surface area contributed by atoms with Crippen LogP contribution in [0.15, 0.2) is 12.4 Å². The zero-order valence-corrected chi connectivity index (χ0v) is 10.7. The highest BCUT2D eigenvalue weighted by atomic mass is 14.6. The van der Waals surface area contributed by atoms with Gasteiger partial charge in [-0.05, 0) is 41.4 Å². The van der Waals surface area contributed by atoms with Gasteiger partial charge in [-0.3, -0.25) is 4.98 Å². The van der Waals surface area contributed by atoms with E-state index in [1.165, 1.54) is 23.1 Å². The van der Waals surface area contributed by atoms with Gasteiger partial charge in [0.15, 0.2) is 0 Å². The number of pyridine rings is 1. The normalized spacial score (nSPS) is 11.8. The molecule has 0 radical (unpaired) electrons. The van der Waals surface area contributed by atoms with Crippen LogP contribution in [0.3, 0.4) is 0 Å². The van der Waals surface area contributed by atoms with Gasteiger partial charge in [0.25, 0.3) is 0 Å². The molecule has 0 aromatic carbocycles. The van der Waals surface area contributed by atoms with Crippen LogP contribution in [-0.2, 0) is 18.3 Å². The van der Waals surface area contributed by atoms with Crippen molar-refractivity contribution in [3.8, 4) is 0 Å². The maximum Gasteiger partial charge on any atom is 0.0302 e. The Morgan fingerprint density at radius 1 is 1.00 bits per heavy atom. The van der Waals surface area contributed by atoms with E-state index in [4.69, 9.17) is 0 Å². The molecular weight excluding hydrogens is 182 g/mol. The van der Waals surface area contributed by atoms with Crippen molar-refractivity contribution in [2.75, 3.05) is 0 Å². The topological polar surface area (TPSA) is 12.9 Å². The second-order valence-corrected chi connectivity index (χ2v) is 4.78. The fourth-order valence-electron chi connectivity index (χ4n) is 2.13. The second kappa shape index (κ2) is 4.78. The molecule has 1 aromatic rings. The third-order valence-electron chi connectivity index (χ3n) is 3.43. The van der Waals surface area contributed by atoms with Crippen LogP contribution < -0.4 is 0 Å². The average molecular weight is 205 g/mol. The van der Waals surface area contributed by atoms with Gasteiger partial charge in [-0.25, -0.2) is 0 Å². The van der Waals surface area contributed by atoms with E-state index in [0.29, 0.717) is 0 Å². The molecule has 0 spiro atoms. The van der Waals surface area contributed by atoms with Crippen molar-refractivity contribution >= 4 is 0 Å². The van der Waals surface area contributed by atoms with Gasteiger partial charge >= 0.3 is 0 Å². The van der Waals surface area contributed by atoms with Gasteiger partial charge in [0.2, 0.25) is 0 Å². The molecule has 1 heteroatoms. The minimum absolute atomic E-state index is 0.277. The molecule has 0 bridgehead atoms. The largest absolute Gasteiger partial charge is 0.264 e. The fraction of sp³-hybridized carbons (Fsp3) is 0.643. The molecule has 0 saturated carbocycles. The molecule has 0 amide bonds. The number of aromatic nitrogens is 1. The van der Waals surface area contributed by atoms with E-state index < -0.39 is 0 Å². The third kappa shape index (κ3) is 2.39. The molecule has 0 saturated heterocycles. The molecule has 15 heavy (non-hydrogen) atoms. The first-order valence-corrected chi connectivity index (χ1v) is 6.03. The Bertz CT molecular complexity index is 304. The number of rotatable bonds is 4. The maximum absolute atomic E-state index is 4.33. The molecule has 0 fully saturated rings. The second-order valence-electron chi connectivity index (χ2n) is 4.78. The van der Waals surface area contributed by atoms with Crippen molar-refractivity contribution in [3.63, 3.8) is 0 Å². The first-order valence-electron chi connectivity index (χ1n) is 6.03. The van der Waals surface area contributed by atoms with Crippen molar-refractivity contribution in [1.82, 2.24) is 4.98 Å². The van der Waals surface area contributed by atoms with Crippen molar-refractivity contribution in [1.29, 1.82) is 0 Å². The Balaban J connectivity index is 3.34. The number of aryl methyl sites for hydroxylation is 2. The van der Waals surface area contributed by atoms with E-state index in [0.717, 1.165) is 12.8 Å². The first-order chi connectivity index (χ1) is 7.06. The van der Waals surface area contributed by atoms with E-state index >= 15 is 0 Å². The lowest BCUT2D eigenvalue weighted by molar-refractivity contribution is 0.496. The monoisotopic (exact) mass is 205 g/mol. The van der Waals surface area contributed by atoms with Crippen LogP contribution in [0.5, 0.6) is 0 Å². The van der Waals surface area contributed by atoms with Gasteiger partial charge in [0, 0.05) is 12.4 Å². The van der Waals surface area contributed by atoms with Gasteiger partial charge in [-0.15, -0.1) is 0 Å². The minimum Gasteiger partial charge on any atom is -0.264 e. The van der Waals surface area contributed by atoms with Crippen LogP contribution in [0.2, 0.25) is 0 Å². The summed E-state index contributed by atoms with van der Waals surface area (Å²) < 4.78 is 0. The van der Waals surface area contributed by atoms with E-state index in [1.807, 2.05) is 12.4 Å². The summed E-state index contributed by atoms with van der Waals surface area (Å²) in [6.07, 6.45) is 7.41. The van der Waals surface area contributed by atoms with Crippen LogP contribution in [0.4, 0.5) is 0 Å². The predicted molar refractivity (Wildman–Crippen MR) is 66.3 cm³/mol. The molecule has 1 nitrogen and oxygen atoms in total. The molecule has 0 aliphatic heterocycles. The summed E-state index contributed by atoms with van der Waals surface area (Å²) >= 11 is 0. The van der Waals surface area contributed by atoms with Crippen LogP contribution in [-0.4, -0.2) is 4.98 Å². The van der Waals surface area contributed by atoms with Gasteiger partial charge in [-0.2, -0.15) is 0 Å². The van der Waals surface area contributed by atoms with E-state index in [9.17, 15) is 0 Å². The van der Waals surface area contributed by atoms with Crippen molar-refractivity contribution in [3.05, 3.63) is 29.1 Å². The quantitative estimate of drug-likeness (QED) is 0.726. The minimum atomic E-state index is 0.277. The molecular formula is C14H23N. The van der Waals surface area contributed by atoms with Gasteiger partial charge < -0.3 is 0 Å². The summed E-state index contributed by atoms with van der Waals surface area (Å²) in [5.41, 5.74) is 4.65. The third-order valence-corrected chi connectivity index (χ3v) is 3.43. The molecule has 0 N–H and O–H groups in total. The average Bonchev–Trinajstić information content (AvgIpc) is 2.27. The standard InChI is InChI=1S/C14H23N/c1-6-11-9-15-10-12(7-2)13(11)14(4,5)8-3/h9-10H,6-8H2,1-5H3. The fourth-order valence-corrected chi connectivity index (χ4v) is 2.13. The Kier molecular flexibility index (Phi) is 3.90. The van der Waals surface area contributed by atoms with Crippen LogP contribution in [0.25, 0.3) is 0 Å². The van der Waals surface area contributed by atoms with Gasteiger partial charge in [0.05, 0.1) is 0 Å². The Morgan fingerprint density at radius 2 is 1.47 bits per heavy atom. The SMILES string of the molecule is CCc1cncc(CC)c1C(C)(C)CC. The summed E-state index contributed by atoms with van der Waals surface area (Å²) in [4.78, 5) is 4.33. The van der Waals surface area contributed by atoms with Gasteiger partial charge in [-0.1, -0.05) is 34.6 Å². The highest BCUT2D eigenvalue weighted by Gasteiger charge is 2.23. The lowest BCUT2D eigenvalue weighted by atomic mass is 9.77. The first kappa shape index (κ1) is 12.2. The molecule has 1 heterocycles. The zero-order valence-electron chi connectivity index (χ0n) is 10.7. The van der Waals surface area contributed by atoms with Crippen LogP contribution >= 0.6 is 0 Å². The molecule has 1 aromatic heterocycles. The maximum atomic E-state index is 4.33. The Hall–Kier alpha value is -0.850. The molecule has 0 atom stereocenters. The summed E-state index contributed by atoms with van der Waals surface area (Å²) in [6, 6.07) is 0. The molecule has 0 aliphatic carbocycles. The Labute approximate surface area is 93.9 Å². The summed E-state index contributed by atoms with van der Waals surface area (Å²) in [7, 11) is 0. The van der Waals surface area contributed by atoms with Crippen molar-refractivity contribution in [2.24, 2.45) is 0 Å². The molecule has 0 unspecified atom stereocenters. The van der Waals surface area contributed by atoms with E-state index in [1.54, 1.807) is 0 Å². The van der Waals surface area contributed by atoms with E-state index in [2.05, 4.69) is 39.6 Å². The highest BCUT2D eigenvalue weighted by molar-refractivity contribution is 5.38. The number of hydrogen-bond acceptors (Lipinski definition) is 1. The summed E-state index contributed by atoms with van der Waals surface area (Å²) in [6.45, 7) is 11.4. The molecule has 1 rings (SSSR count). The van der Waals surface area contributed by atoms with E-state index in [-0.39, 0.29) is 5.41 Å². The summed E-state index contributed by atoms with van der Waals surface area (Å²) in [5.74, 6) is 0. The number of nitrogens with zero attached hydrogens (tertiary/aromatic N) is 1. The van der Waals surface area contributed by atoms with Crippen LogP contribution in [0, 0.1) is 0 Å². The lowest BCUT2D eigenvalue weighted by Crippen LogP contribution is -2.20. The summed E-state index contributed by atoms with van der Waals surface area (Å²) in [5, 5.41) is 0. The zero-order chi connectivity index (χ0) is 11.5. The van der Waals surface area contributed by atoms with Crippen LogP contribution in [0.1, 0.15) is 57.7 Å². The number of hydrogen-bond donors (Lipinski definition) is 0. The Morgan fingerprint density at radius 3 is 1.80 bits per heavy atom. The van der Waals surface area contributed by atoms with Gasteiger partial charge in [0.1, 0.15) is 0 Å². The molecule has 0 aliphatic rings. The van der Waals surface area contributed by atoms with Crippen molar-refractivity contribution < 1.29 is 0 Å². The smallest absolute Gasteiger partial charge is 0.0302 e. The lowest BCUT2D eigenvalue weighted by Gasteiger charge is -2.28. The molecule has 84 valence electrons.